The lowest BCUT2D eigenvalue weighted by atomic mass is 10.1. The van der Waals surface area contributed by atoms with E-state index in [4.69, 9.17) is 16.7 Å². The van der Waals surface area contributed by atoms with E-state index in [-0.39, 0.29) is 22.0 Å². The van der Waals surface area contributed by atoms with Crippen LogP contribution in [0, 0.1) is 5.82 Å². The van der Waals surface area contributed by atoms with Gasteiger partial charge >= 0.3 is 5.97 Å². The van der Waals surface area contributed by atoms with Crippen LogP contribution in [0.1, 0.15) is 10.5 Å². The lowest BCUT2D eigenvalue weighted by Crippen LogP contribution is -2.02. The van der Waals surface area contributed by atoms with Crippen LogP contribution < -0.4 is 0 Å². The van der Waals surface area contributed by atoms with Crippen LogP contribution in [0.15, 0.2) is 30.3 Å². The van der Waals surface area contributed by atoms with Gasteiger partial charge in [-0.3, -0.25) is 0 Å². The van der Waals surface area contributed by atoms with Gasteiger partial charge in [0.2, 0.25) is 0 Å². The Morgan fingerprint density at radius 1 is 1.24 bits per heavy atom. The molecule has 17 heavy (non-hydrogen) atoms. The number of benzene rings is 1. The second-order valence-corrected chi connectivity index (χ2v) is 3.61. The number of rotatable bonds is 2. The van der Waals surface area contributed by atoms with Crippen LogP contribution in [0.2, 0.25) is 5.02 Å². The van der Waals surface area contributed by atoms with E-state index in [1.165, 1.54) is 30.3 Å². The fourth-order valence-corrected chi connectivity index (χ4v) is 1.58. The number of nitrogens with zero attached hydrogens (tertiary/aromatic N) is 2. The van der Waals surface area contributed by atoms with Crippen molar-refractivity contribution in [1.29, 1.82) is 0 Å². The maximum absolute atomic E-state index is 13.5. The van der Waals surface area contributed by atoms with Crippen LogP contribution in [-0.4, -0.2) is 21.3 Å². The molecule has 0 atom stereocenters. The summed E-state index contributed by atoms with van der Waals surface area (Å²) in [5.74, 6) is -1.72. The Morgan fingerprint density at radius 3 is 2.53 bits per heavy atom. The van der Waals surface area contributed by atoms with Gasteiger partial charge in [0.15, 0.2) is 5.69 Å². The van der Waals surface area contributed by atoms with E-state index in [1.807, 2.05) is 0 Å². The van der Waals surface area contributed by atoms with Gasteiger partial charge in [-0.2, -0.15) is 0 Å². The highest BCUT2D eigenvalue weighted by atomic mass is 35.5. The third-order valence-electron chi connectivity index (χ3n) is 2.10. The van der Waals surface area contributed by atoms with Gasteiger partial charge in [-0.1, -0.05) is 17.7 Å². The van der Waals surface area contributed by atoms with Gasteiger partial charge in [-0.15, -0.1) is 10.2 Å². The van der Waals surface area contributed by atoms with Crippen molar-refractivity contribution in [2.45, 2.75) is 0 Å². The molecule has 0 fully saturated rings. The summed E-state index contributed by atoms with van der Waals surface area (Å²) in [6.07, 6.45) is 0. The molecule has 2 rings (SSSR count). The van der Waals surface area contributed by atoms with Gasteiger partial charge in [0.1, 0.15) is 5.82 Å². The van der Waals surface area contributed by atoms with Crippen molar-refractivity contribution in [3.63, 3.8) is 0 Å². The average molecular weight is 253 g/mol. The summed E-state index contributed by atoms with van der Waals surface area (Å²) < 4.78 is 13.5. The first-order valence-corrected chi connectivity index (χ1v) is 4.99. The van der Waals surface area contributed by atoms with Crippen molar-refractivity contribution >= 4 is 17.6 Å². The van der Waals surface area contributed by atoms with Crippen LogP contribution in [0.4, 0.5) is 4.39 Å². The summed E-state index contributed by atoms with van der Waals surface area (Å²) in [6.45, 7) is 0. The molecule has 0 aliphatic heterocycles. The number of hydrogen-bond acceptors (Lipinski definition) is 3. The maximum Gasteiger partial charge on any atom is 0.356 e. The summed E-state index contributed by atoms with van der Waals surface area (Å²) >= 11 is 5.84. The number of aromatic nitrogens is 2. The van der Waals surface area contributed by atoms with Gasteiger partial charge in [0.25, 0.3) is 0 Å². The van der Waals surface area contributed by atoms with Crippen LogP contribution >= 0.6 is 11.6 Å². The molecule has 0 radical (unpaired) electrons. The van der Waals surface area contributed by atoms with E-state index in [0.29, 0.717) is 0 Å². The van der Waals surface area contributed by atoms with Gasteiger partial charge in [-0.05, 0) is 24.3 Å². The summed E-state index contributed by atoms with van der Waals surface area (Å²) in [7, 11) is 0. The molecule has 1 N–H and O–H groups in total. The minimum Gasteiger partial charge on any atom is -0.476 e. The lowest BCUT2D eigenvalue weighted by Gasteiger charge is -2.04. The number of carboxylic acids is 1. The average Bonchev–Trinajstić information content (AvgIpc) is 2.29. The van der Waals surface area contributed by atoms with Crippen LogP contribution in [0.5, 0.6) is 0 Å². The Kier molecular flexibility index (Phi) is 3.01. The maximum atomic E-state index is 13.5. The van der Waals surface area contributed by atoms with Gasteiger partial charge in [-0.25, -0.2) is 9.18 Å². The number of aromatic carboxylic acids is 1. The first kappa shape index (κ1) is 11.5. The predicted molar refractivity (Wildman–Crippen MR) is 59.4 cm³/mol. The van der Waals surface area contributed by atoms with Gasteiger partial charge in [0, 0.05) is 0 Å². The Bertz CT molecular complexity index is 552. The zero-order chi connectivity index (χ0) is 12.4. The molecule has 1 aromatic carbocycles. The van der Waals surface area contributed by atoms with Crippen molar-refractivity contribution in [3.8, 4) is 11.3 Å². The molecule has 0 spiro atoms. The third kappa shape index (κ3) is 2.24. The summed E-state index contributed by atoms with van der Waals surface area (Å²) in [5.41, 5.74) is 0.0953. The third-order valence-corrected chi connectivity index (χ3v) is 2.42. The second-order valence-electron chi connectivity index (χ2n) is 3.21. The molecule has 0 saturated heterocycles. The highest BCUT2D eigenvalue weighted by Gasteiger charge is 2.12. The molecule has 6 heteroatoms. The van der Waals surface area contributed by atoms with Crippen LogP contribution in [0.3, 0.4) is 0 Å². The molecule has 0 unspecified atom stereocenters. The Hall–Kier alpha value is -2.01. The highest BCUT2D eigenvalue weighted by Crippen LogP contribution is 2.28. The SMILES string of the molecule is O=C(O)c1ccc(-c2c(F)cccc2Cl)nn1. The van der Waals surface area contributed by atoms with Crippen molar-refractivity contribution in [2.24, 2.45) is 0 Å². The molecule has 0 saturated carbocycles. The van der Waals surface area contributed by atoms with E-state index in [1.54, 1.807) is 0 Å². The molecule has 0 aliphatic rings. The molecule has 1 aromatic heterocycles. The molecule has 0 bridgehead atoms. The monoisotopic (exact) mass is 252 g/mol. The van der Waals surface area contributed by atoms with Crippen molar-refractivity contribution in [2.75, 3.05) is 0 Å². The van der Waals surface area contributed by atoms with E-state index in [9.17, 15) is 9.18 Å². The van der Waals surface area contributed by atoms with Crippen molar-refractivity contribution in [3.05, 3.63) is 46.9 Å². The Morgan fingerprint density at radius 2 is 2.00 bits per heavy atom. The fourth-order valence-electron chi connectivity index (χ4n) is 1.32. The molecule has 4 nitrogen and oxygen atoms in total. The topological polar surface area (TPSA) is 63.1 Å². The van der Waals surface area contributed by atoms with E-state index < -0.39 is 11.8 Å². The standard InChI is InChI=1S/C11H6ClFN2O2/c12-6-2-1-3-7(13)10(6)8-4-5-9(11(16)17)15-14-8/h1-5H,(H,16,17). The predicted octanol–water partition coefficient (Wildman–Crippen LogP) is 2.63. The van der Waals surface area contributed by atoms with E-state index >= 15 is 0 Å². The van der Waals surface area contributed by atoms with Crippen molar-refractivity contribution in [1.82, 2.24) is 10.2 Å². The molecule has 0 aliphatic carbocycles. The Balaban J connectivity index is 2.50. The van der Waals surface area contributed by atoms with E-state index in [2.05, 4.69) is 10.2 Å². The number of carboxylic acid groups (broad SMARTS) is 1. The quantitative estimate of drug-likeness (QED) is 0.892. The summed E-state index contributed by atoms with van der Waals surface area (Å²) in [5, 5.41) is 15.9. The Labute approximate surface area is 101 Å². The smallest absolute Gasteiger partial charge is 0.356 e. The molecular weight excluding hydrogens is 247 g/mol. The van der Waals surface area contributed by atoms with Crippen LogP contribution in [-0.2, 0) is 0 Å². The van der Waals surface area contributed by atoms with Crippen LogP contribution in [0.25, 0.3) is 11.3 Å². The number of carbonyl (C=O) groups is 1. The normalized spacial score (nSPS) is 10.2. The molecule has 2 aromatic rings. The zero-order valence-electron chi connectivity index (χ0n) is 8.39. The summed E-state index contributed by atoms with van der Waals surface area (Å²) in [4.78, 5) is 10.6. The molecular formula is C11H6ClFN2O2. The summed E-state index contributed by atoms with van der Waals surface area (Å²) in [6, 6.07) is 6.84. The van der Waals surface area contributed by atoms with E-state index in [0.717, 1.165) is 0 Å². The highest BCUT2D eigenvalue weighted by molar-refractivity contribution is 6.33. The zero-order valence-corrected chi connectivity index (χ0v) is 9.15. The largest absolute Gasteiger partial charge is 0.476 e. The minimum atomic E-state index is -1.19. The minimum absolute atomic E-state index is 0.110. The molecule has 0 amide bonds. The first-order valence-electron chi connectivity index (χ1n) is 4.61. The molecule has 86 valence electrons. The van der Waals surface area contributed by atoms with Gasteiger partial charge < -0.3 is 5.11 Å². The number of hydrogen-bond donors (Lipinski definition) is 1. The molecule has 1 heterocycles. The van der Waals surface area contributed by atoms with Crippen molar-refractivity contribution < 1.29 is 14.3 Å². The van der Waals surface area contributed by atoms with Gasteiger partial charge in [0.05, 0.1) is 16.3 Å². The fraction of sp³-hybridized carbons (Fsp3) is 0. The first-order chi connectivity index (χ1) is 8.09. The second kappa shape index (κ2) is 4.47. The number of halogens is 2. The lowest BCUT2D eigenvalue weighted by molar-refractivity contribution is 0.0689.